The first-order valence-electron chi connectivity index (χ1n) is 5.42. The number of nitrogens with one attached hydrogen (secondary N) is 1. The summed E-state index contributed by atoms with van der Waals surface area (Å²) < 4.78 is 4.86. The van der Waals surface area contributed by atoms with Crippen LogP contribution in [0.5, 0.6) is 5.75 Å². The minimum absolute atomic E-state index is 0.0396. The highest BCUT2D eigenvalue weighted by Crippen LogP contribution is 2.26. The van der Waals surface area contributed by atoms with Crippen LogP contribution in [0.4, 0.5) is 0 Å². The molecule has 1 aromatic rings. The van der Waals surface area contributed by atoms with Crippen molar-refractivity contribution in [1.29, 1.82) is 0 Å². The number of hydrogen-bond acceptors (Lipinski definition) is 4. The van der Waals surface area contributed by atoms with Crippen molar-refractivity contribution >= 4 is 17.6 Å². The zero-order chi connectivity index (χ0) is 12.8. The first kappa shape index (κ1) is 13.8. The summed E-state index contributed by atoms with van der Waals surface area (Å²) in [5.74, 6) is -0.272. The SMILES string of the molecule is CCOC(=O)C(C)NCc1cccc(Cl)c1O. The fourth-order valence-corrected chi connectivity index (χ4v) is 1.51. The normalized spacial score (nSPS) is 12.2. The topological polar surface area (TPSA) is 58.6 Å². The molecule has 0 fully saturated rings. The lowest BCUT2D eigenvalue weighted by Crippen LogP contribution is -2.34. The molecule has 5 heteroatoms. The van der Waals surface area contributed by atoms with Gasteiger partial charge in [-0.3, -0.25) is 4.79 Å². The van der Waals surface area contributed by atoms with Gasteiger partial charge in [0.2, 0.25) is 0 Å². The maximum atomic E-state index is 11.3. The number of hydrogen-bond donors (Lipinski definition) is 2. The molecular formula is C12H16ClNO3. The lowest BCUT2D eigenvalue weighted by Gasteiger charge is -2.13. The van der Waals surface area contributed by atoms with E-state index in [1.54, 1.807) is 32.0 Å². The van der Waals surface area contributed by atoms with Gasteiger partial charge in [-0.1, -0.05) is 23.7 Å². The zero-order valence-electron chi connectivity index (χ0n) is 9.87. The van der Waals surface area contributed by atoms with Crippen LogP contribution in [0.1, 0.15) is 19.4 Å². The highest BCUT2D eigenvalue weighted by Gasteiger charge is 2.14. The highest BCUT2D eigenvalue weighted by molar-refractivity contribution is 6.32. The summed E-state index contributed by atoms with van der Waals surface area (Å²) in [7, 11) is 0. The molecule has 17 heavy (non-hydrogen) atoms. The van der Waals surface area contributed by atoms with Gasteiger partial charge in [0.1, 0.15) is 11.8 Å². The maximum Gasteiger partial charge on any atom is 0.322 e. The van der Waals surface area contributed by atoms with Gasteiger partial charge in [-0.15, -0.1) is 0 Å². The highest BCUT2D eigenvalue weighted by atomic mass is 35.5. The molecule has 1 atom stereocenters. The lowest BCUT2D eigenvalue weighted by atomic mass is 10.2. The van der Waals surface area contributed by atoms with Gasteiger partial charge in [0.25, 0.3) is 0 Å². The van der Waals surface area contributed by atoms with Gasteiger partial charge in [0.05, 0.1) is 11.6 Å². The Hall–Kier alpha value is -1.26. The van der Waals surface area contributed by atoms with Crippen molar-refractivity contribution < 1.29 is 14.6 Å². The van der Waals surface area contributed by atoms with Crippen LogP contribution in [-0.4, -0.2) is 23.7 Å². The number of carbonyl (C=O) groups is 1. The Bertz CT molecular complexity index is 395. The van der Waals surface area contributed by atoms with Gasteiger partial charge in [-0.2, -0.15) is 0 Å². The van der Waals surface area contributed by atoms with Crippen molar-refractivity contribution in [2.75, 3.05) is 6.61 Å². The van der Waals surface area contributed by atoms with Crippen LogP contribution in [0.3, 0.4) is 0 Å². The summed E-state index contributed by atoms with van der Waals surface area (Å²) in [6.07, 6.45) is 0. The number of phenols is 1. The second-order valence-corrected chi connectivity index (χ2v) is 4.01. The predicted octanol–water partition coefficient (Wildman–Crippen LogP) is 2.09. The van der Waals surface area contributed by atoms with Crippen molar-refractivity contribution in [2.24, 2.45) is 0 Å². The molecule has 0 aromatic heterocycles. The standard InChI is InChI=1S/C12H16ClNO3/c1-3-17-12(16)8(2)14-7-9-5-4-6-10(13)11(9)15/h4-6,8,14-15H,3,7H2,1-2H3. The molecule has 0 amide bonds. The Kier molecular flexibility index (Phi) is 5.25. The second-order valence-electron chi connectivity index (χ2n) is 3.60. The average Bonchev–Trinajstić information content (AvgIpc) is 2.31. The molecule has 1 unspecified atom stereocenters. The van der Waals surface area contributed by atoms with Gasteiger partial charge < -0.3 is 15.2 Å². The van der Waals surface area contributed by atoms with E-state index < -0.39 is 6.04 Å². The third-order valence-corrected chi connectivity index (χ3v) is 2.61. The molecular weight excluding hydrogens is 242 g/mol. The quantitative estimate of drug-likeness (QED) is 0.793. The van der Waals surface area contributed by atoms with Gasteiger partial charge in [0, 0.05) is 12.1 Å². The van der Waals surface area contributed by atoms with Crippen molar-refractivity contribution in [3.05, 3.63) is 28.8 Å². The largest absolute Gasteiger partial charge is 0.506 e. The number of phenolic OH excluding ortho intramolecular Hbond substituents is 1. The molecule has 4 nitrogen and oxygen atoms in total. The molecule has 0 saturated heterocycles. The minimum Gasteiger partial charge on any atom is -0.506 e. The molecule has 1 rings (SSSR count). The second kappa shape index (κ2) is 6.47. The molecule has 1 aromatic carbocycles. The van der Waals surface area contributed by atoms with E-state index in [2.05, 4.69) is 5.32 Å². The third-order valence-electron chi connectivity index (χ3n) is 2.31. The van der Waals surface area contributed by atoms with Crippen molar-refractivity contribution in [3.8, 4) is 5.75 Å². The van der Waals surface area contributed by atoms with Crippen molar-refractivity contribution in [3.63, 3.8) is 0 Å². The minimum atomic E-state index is -0.423. The zero-order valence-corrected chi connectivity index (χ0v) is 10.6. The third kappa shape index (κ3) is 3.91. The number of para-hydroxylation sites is 1. The summed E-state index contributed by atoms with van der Waals surface area (Å²) in [4.78, 5) is 11.3. The number of rotatable bonds is 5. The van der Waals surface area contributed by atoms with Gasteiger partial charge in [-0.25, -0.2) is 0 Å². The first-order chi connectivity index (χ1) is 8.06. The Morgan fingerprint density at radius 1 is 1.59 bits per heavy atom. The monoisotopic (exact) mass is 257 g/mol. The van der Waals surface area contributed by atoms with Crippen LogP contribution >= 0.6 is 11.6 Å². The van der Waals surface area contributed by atoms with Gasteiger partial charge in [-0.05, 0) is 19.9 Å². The lowest BCUT2D eigenvalue weighted by molar-refractivity contribution is -0.145. The van der Waals surface area contributed by atoms with Crippen LogP contribution in [0, 0.1) is 0 Å². The van der Waals surface area contributed by atoms with E-state index in [-0.39, 0.29) is 11.7 Å². The maximum absolute atomic E-state index is 11.3. The molecule has 0 aliphatic heterocycles. The summed E-state index contributed by atoms with van der Waals surface area (Å²) in [6, 6.07) is 4.67. The molecule has 2 N–H and O–H groups in total. The Morgan fingerprint density at radius 2 is 2.29 bits per heavy atom. The van der Waals surface area contributed by atoms with E-state index in [9.17, 15) is 9.90 Å². The molecule has 0 spiro atoms. The van der Waals surface area contributed by atoms with E-state index in [4.69, 9.17) is 16.3 Å². The average molecular weight is 258 g/mol. The van der Waals surface area contributed by atoms with E-state index in [0.29, 0.717) is 23.7 Å². The van der Waals surface area contributed by atoms with Crippen LogP contribution in [-0.2, 0) is 16.1 Å². The molecule has 94 valence electrons. The number of esters is 1. The van der Waals surface area contributed by atoms with E-state index >= 15 is 0 Å². The summed E-state index contributed by atoms with van der Waals surface area (Å²) in [6.45, 7) is 4.17. The van der Waals surface area contributed by atoms with E-state index in [1.165, 1.54) is 0 Å². The Labute approximate surface area is 106 Å². The molecule has 0 heterocycles. The van der Waals surface area contributed by atoms with Crippen LogP contribution in [0.15, 0.2) is 18.2 Å². The molecule has 0 aliphatic rings. The number of aromatic hydroxyl groups is 1. The van der Waals surface area contributed by atoms with Crippen LogP contribution in [0.2, 0.25) is 5.02 Å². The number of benzene rings is 1. The molecule has 0 bridgehead atoms. The Balaban J connectivity index is 2.56. The van der Waals surface area contributed by atoms with Crippen LogP contribution in [0.25, 0.3) is 0 Å². The van der Waals surface area contributed by atoms with E-state index in [1.807, 2.05) is 0 Å². The molecule has 0 saturated carbocycles. The molecule has 0 aliphatic carbocycles. The van der Waals surface area contributed by atoms with Gasteiger partial charge >= 0.3 is 5.97 Å². The fraction of sp³-hybridized carbons (Fsp3) is 0.417. The first-order valence-corrected chi connectivity index (χ1v) is 5.80. The number of halogens is 1. The fourth-order valence-electron chi connectivity index (χ4n) is 1.32. The molecule has 0 radical (unpaired) electrons. The predicted molar refractivity (Wildman–Crippen MR) is 66.1 cm³/mol. The Morgan fingerprint density at radius 3 is 2.94 bits per heavy atom. The number of carbonyl (C=O) groups excluding carboxylic acids is 1. The smallest absolute Gasteiger partial charge is 0.322 e. The number of ether oxygens (including phenoxy) is 1. The van der Waals surface area contributed by atoms with Gasteiger partial charge in [0.15, 0.2) is 0 Å². The summed E-state index contributed by atoms with van der Waals surface area (Å²) in [5.41, 5.74) is 0.647. The van der Waals surface area contributed by atoms with E-state index in [0.717, 1.165) is 0 Å². The van der Waals surface area contributed by atoms with Crippen LogP contribution < -0.4 is 5.32 Å². The van der Waals surface area contributed by atoms with Crippen molar-refractivity contribution in [2.45, 2.75) is 26.4 Å². The summed E-state index contributed by atoms with van der Waals surface area (Å²) in [5, 5.41) is 12.9. The summed E-state index contributed by atoms with van der Waals surface area (Å²) >= 11 is 5.77. The van der Waals surface area contributed by atoms with Crippen molar-refractivity contribution in [1.82, 2.24) is 5.32 Å².